The van der Waals surface area contributed by atoms with Gasteiger partial charge in [-0.15, -0.1) is 0 Å². The molecule has 0 aliphatic heterocycles. The highest BCUT2D eigenvalue weighted by atomic mass is 19.1. The van der Waals surface area contributed by atoms with E-state index in [0.717, 1.165) is 0 Å². The van der Waals surface area contributed by atoms with Crippen molar-refractivity contribution in [3.63, 3.8) is 0 Å². The van der Waals surface area contributed by atoms with E-state index in [1.54, 1.807) is 18.3 Å². The number of benzene rings is 1. The molecule has 1 atom stereocenters. The van der Waals surface area contributed by atoms with Crippen molar-refractivity contribution >= 4 is 11.8 Å². The topological polar surface area (TPSA) is 130 Å². The number of imidazole rings is 1. The van der Waals surface area contributed by atoms with E-state index in [-0.39, 0.29) is 17.9 Å². The van der Waals surface area contributed by atoms with Crippen molar-refractivity contribution in [1.29, 1.82) is 0 Å². The van der Waals surface area contributed by atoms with E-state index in [1.165, 1.54) is 24.5 Å². The van der Waals surface area contributed by atoms with Crippen molar-refractivity contribution in [3.8, 4) is 11.3 Å². The van der Waals surface area contributed by atoms with Crippen LogP contribution in [0.1, 0.15) is 16.2 Å². The molecule has 1 aromatic carbocycles. The Morgan fingerprint density at radius 3 is 2.68 bits per heavy atom. The van der Waals surface area contributed by atoms with Gasteiger partial charge in [-0.25, -0.2) is 9.37 Å². The quantitative estimate of drug-likeness (QED) is 0.527. The SMILES string of the molecule is NC(=O)[C@H](Cc1cnc[nH]1)NC(=O)c1cc(-c2ccc(F)cc2)n[nH]1. The molecule has 2 amide bonds. The number of halogens is 1. The first kappa shape index (κ1) is 16.4. The molecular weight excluding hydrogens is 327 g/mol. The van der Waals surface area contributed by atoms with Crippen LogP contribution in [-0.4, -0.2) is 38.0 Å². The van der Waals surface area contributed by atoms with Gasteiger partial charge in [-0.3, -0.25) is 14.7 Å². The molecule has 0 saturated carbocycles. The molecule has 9 heteroatoms. The maximum Gasteiger partial charge on any atom is 0.269 e. The van der Waals surface area contributed by atoms with Crippen molar-refractivity contribution in [2.45, 2.75) is 12.5 Å². The molecule has 0 radical (unpaired) electrons. The van der Waals surface area contributed by atoms with Gasteiger partial charge in [-0.05, 0) is 30.3 Å². The maximum absolute atomic E-state index is 13.0. The normalized spacial score (nSPS) is 11.9. The Kier molecular flexibility index (Phi) is 4.55. The van der Waals surface area contributed by atoms with Gasteiger partial charge >= 0.3 is 0 Å². The van der Waals surface area contributed by atoms with Crippen LogP contribution in [-0.2, 0) is 11.2 Å². The van der Waals surface area contributed by atoms with E-state index in [4.69, 9.17) is 5.73 Å². The van der Waals surface area contributed by atoms with Crippen LogP contribution in [0.15, 0.2) is 42.9 Å². The Hall–Kier alpha value is -3.49. The van der Waals surface area contributed by atoms with Crippen LogP contribution in [0.5, 0.6) is 0 Å². The third-order valence-electron chi connectivity index (χ3n) is 3.59. The predicted octanol–water partition coefficient (Wildman–Crippen LogP) is 0.765. The molecule has 0 spiro atoms. The summed E-state index contributed by atoms with van der Waals surface area (Å²) in [7, 11) is 0. The van der Waals surface area contributed by atoms with Gasteiger partial charge in [0.25, 0.3) is 5.91 Å². The predicted molar refractivity (Wildman–Crippen MR) is 86.7 cm³/mol. The monoisotopic (exact) mass is 342 g/mol. The van der Waals surface area contributed by atoms with Gasteiger partial charge in [0, 0.05) is 23.9 Å². The summed E-state index contributed by atoms with van der Waals surface area (Å²) < 4.78 is 13.0. The summed E-state index contributed by atoms with van der Waals surface area (Å²) in [6.45, 7) is 0. The van der Waals surface area contributed by atoms with Gasteiger partial charge in [-0.1, -0.05) is 0 Å². The fraction of sp³-hybridized carbons (Fsp3) is 0.125. The fourth-order valence-electron chi connectivity index (χ4n) is 2.28. The molecule has 8 nitrogen and oxygen atoms in total. The number of aromatic amines is 2. The number of nitrogens with two attached hydrogens (primary N) is 1. The molecule has 0 aliphatic rings. The molecule has 128 valence electrons. The Labute approximate surface area is 141 Å². The Bertz CT molecular complexity index is 872. The van der Waals surface area contributed by atoms with Gasteiger partial charge in [0.15, 0.2) is 0 Å². The summed E-state index contributed by atoms with van der Waals surface area (Å²) >= 11 is 0. The van der Waals surface area contributed by atoms with E-state index in [1.807, 2.05) is 0 Å². The fourth-order valence-corrected chi connectivity index (χ4v) is 2.28. The summed E-state index contributed by atoms with van der Waals surface area (Å²) in [6, 6.07) is 6.33. The largest absolute Gasteiger partial charge is 0.368 e. The number of hydrogen-bond acceptors (Lipinski definition) is 4. The number of nitrogens with zero attached hydrogens (tertiary/aromatic N) is 2. The first-order valence-electron chi connectivity index (χ1n) is 7.41. The molecule has 5 N–H and O–H groups in total. The second-order valence-electron chi connectivity index (χ2n) is 5.38. The molecule has 0 unspecified atom stereocenters. The summed E-state index contributed by atoms with van der Waals surface area (Å²) in [4.78, 5) is 30.6. The van der Waals surface area contributed by atoms with Gasteiger partial charge in [0.1, 0.15) is 17.6 Å². The Morgan fingerprint density at radius 2 is 2.04 bits per heavy atom. The number of aromatic nitrogens is 4. The van der Waals surface area contributed by atoms with E-state index >= 15 is 0 Å². The second-order valence-corrected chi connectivity index (χ2v) is 5.38. The van der Waals surface area contributed by atoms with Crippen molar-refractivity contribution in [1.82, 2.24) is 25.5 Å². The highest BCUT2D eigenvalue weighted by Gasteiger charge is 2.21. The van der Waals surface area contributed by atoms with Crippen LogP contribution in [0.2, 0.25) is 0 Å². The van der Waals surface area contributed by atoms with Crippen molar-refractivity contribution in [2.24, 2.45) is 5.73 Å². The van der Waals surface area contributed by atoms with Crippen molar-refractivity contribution < 1.29 is 14.0 Å². The molecule has 2 heterocycles. The van der Waals surface area contributed by atoms with Gasteiger partial charge in [0.2, 0.25) is 5.91 Å². The molecule has 25 heavy (non-hydrogen) atoms. The number of H-pyrrole nitrogens is 2. The summed E-state index contributed by atoms with van der Waals surface area (Å²) in [6.07, 6.45) is 3.21. The minimum atomic E-state index is -0.898. The number of carbonyl (C=O) groups excluding carboxylic acids is 2. The highest BCUT2D eigenvalue weighted by Crippen LogP contribution is 2.18. The van der Waals surface area contributed by atoms with Crippen molar-refractivity contribution in [2.75, 3.05) is 0 Å². The number of nitrogens with one attached hydrogen (secondary N) is 3. The Balaban J connectivity index is 1.71. The first-order chi connectivity index (χ1) is 12.0. The lowest BCUT2D eigenvalue weighted by Crippen LogP contribution is -2.46. The molecule has 0 aliphatic carbocycles. The average Bonchev–Trinajstić information content (AvgIpc) is 3.26. The number of amides is 2. The molecule has 0 saturated heterocycles. The lowest BCUT2D eigenvalue weighted by molar-refractivity contribution is -0.119. The minimum Gasteiger partial charge on any atom is -0.368 e. The molecule has 3 aromatic rings. The van der Waals surface area contributed by atoms with E-state index in [9.17, 15) is 14.0 Å². The summed E-state index contributed by atoms with van der Waals surface area (Å²) in [5, 5.41) is 9.17. The van der Waals surface area contributed by atoms with Crippen LogP contribution >= 0.6 is 0 Å². The molecular formula is C16H15FN6O2. The van der Waals surface area contributed by atoms with E-state index < -0.39 is 17.9 Å². The molecule has 3 rings (SSSR count). The van der Waals surface area contributed by atoms with Crippen LogP contribution in [0, 0.1) is 5.82 Å². The van der Waals surface area contributed by atoms with Crippen LogP contribution < -0.4 is 11.1 Å². The number of hydrogen-bond donors (Lipinski definition) is 4. The number of primary amides is 1. The second kappa shape index (κ2) is 6.95. The smallest absolute Gasteiger partial charge is 0.269 e. The molecule has 2 aromatic heterocycles. The standard InChI is InChI=1S/C16H15FN6O2/c17-10-3-1-9(2-4-10)12-6-14(23-22-12)16(25)21-13(15(18)24)5-11-7-19-8-20-11/h1-4,6-8,13H,5H2,(H2,18,24)(H,19,20)(H,21,25)(H,22,23)/t13-/m0/s1. The van der Waals surface area contributed by atoms with Gasteiger partial charge in [-0.2, -0.15) is 5.10 Å². The Morgan fingerprint density at radius 1 is 1.28 bits per heavy atom. The van der Waals surface area contributed by atoms with Crippen molar-refractivity contribution in [3.05, 3.63) is 60.1 Å². The highest BCUT2D eigenvalue weighted by molar-refractivity contribution is 5.96. The zero-order valence-electron chi connectivity index (χ0n) is 13.0. The lowest BCUT2D eigenvalue weighted by atomic mass is 10.1. The first-order valence-corrected chi connectivity index (χ1v) is 7.41. The van der Waals surface area contributed by atoms with Crippen LogP contribution in [0.3, 0.4) is 0 Å². The maximum atomic E-state index is 13.0. The van der Waals surface area contributed by atoms with Crippen LogP contribution in [0.25, 0.3) is 11.3 Å². The van der Waals surface area contributed by atoms with E-state index in [0.29, 0.717) is 17.0 Å². The van der Waals surface area contributed by atoms with E-state index in [2.05, 4.69) is 25.5 Å². The van der Waals surface area contributed by atoms with Crippen LogP contribution in [0.4, 0.5) is 4.39 Å². The third kappa shape index (κ3) is 3.89. The van der Waals surface area contributed by atoms with Gasteiger partial charge < -0.3 is 16.0 Å². The zero-order valence-corrected chi connectivity index (χ0v) is 13.0. The lowest BCUT2D eigenvalue weighted by Gasteiger charge is -2.13. The minimum absolute atomic E-state index is 0.162. The zero-order chi connectivity index (χ0) is 17.8. The van der Waals surface area contributed by atoms with Gasteiger partial charge in [0.05, 0.1) is 12.0 Å². The molecule has 0 fully saturated rings. The average molecular weight is 342 g/mol. The summed E-state index contributed by atoms with van der Waals surface area (Å²) in [5.41, 5.74) is 7.30. The number of rotatable bonds is 6. The number of carbonyl (C=O) groups is 2. The summed E-state index contributed by atoms with van der Waals surface area (Å²) in [5.74, 6) is -1.55. The molecule has 0 bridgehead atoms. The third-order valence-corrected chi connectivity index (χ3v) is 3.59.